The molecular formula is C20H19FN2O5S2. The van der Waals surface area contributed by atoms with Crippen molar-refractivity contribution < 1.29 is 27.1 Å². The second kappa shape index (κ2) is 9.31. The molecule has 1 amide bonds. The van der Waals surface area contributed by atoms with Gasteiger partial charge in [0.1, 0.15) is 12.4 Å². The first-order valence-corrected chi connectivity index (χ1v) is 11.5. The first-order chi connectivity index (χ1) is 14.3. The zero-order valence-electron chi connectivity index (χ0n) is 16.1. The molecule has 0 aliphatic carbocycles. The number of nitrogens with zero attached hydrogens (tertiary/aromatic N) is 2. The van der Waals surface area contributed by atoms with Crippen LogP contribution in [0.2, 0.25) is 0 Å². The van der Waals surface area contributed by atoms with Gasteiger partial charge in [0.05, 0.1) is 28.0 Å². The minimum atomic E-state index is -3.48. The van der Waals surface area contributed by atoms with Crippen molar-refractivity contribution in [2.24, 2.45) is 4.99 Å². The van der Waals surface area contributed by atoms with Crippen LogP contribution in [0.15, 0.2) is 58.4 Å². The topological polar surface area (TPSA) is 94.8 Å². The highest BCUT2D eigenvalue weighted by molar-refractivity contribution is 7.91. The van der Waals surface area contributed by atoms with Crippen LogP contribution >= 0.6 is 11.3 Å². The van der Waals surface area contributed by atoms with Crippen LogP contribution < -0.4 is 4.80 Å². The molecule has 3 aromatic rings. The van der Waals surface area contributed by atoms with Crippen LogP contribution in [0.5, 0.6) is 0 Å². The maximum Gasteiger partial charge on any atom is 0.325 e. The number of hydrogen-bond acceptors (Lipinski definition) is 6. The Morgan fingerprint density at radius 2 is 1.90 bits per heavy atom. The summed E-state index contributed by atoms with van der Waals surface area (Å²) >= 11 is 1.06. The molecule has 0 fully saturated rings. The average Bonchev–Trinajstić information content (AvgIpc) is 3.04. The van der Waals surface area contributed by atoms with Gasteiger partial charge in [-0.05, 0) is 36.8 Å². The van der Waals surface area contributed by atoms with Crippen molar-refractivity contribution in [3.05, 3.63) is 59.1 Å². The summed E-state index contributed by atoms with van der Waals surface area (Å²) in [7, 11) is -2.24. The number of methoxy groups -OCH3 is 1. The zero-order valence-corrected chi connectivity index (χ0v) is 17.7. The molecule has 158 valence electrons. The van der Waals surface area contributed by atoms with Crippen molar-refractivity contribution in [3.63, 3.8) is 0 Å². The van der Waals surface area contributed by atoms with E-state index in [4.69, 9.17) is 0 Å². The van der Waals surface area contributed by atoms with Crippen molar-refractivity contribution in [1.82, 2.24) is 4.57 Å². The molecule has 0 aliphatic rings. The Balaban J connectivity index is 1.79. The molecule has 1 aromatic heterocycles. The normalized spacial score (nSPS) is 12.3. The van der Waals surface area contributed by atoms with Gasteiger partial charge in [-0.15, -0.1) is 0 Å². The van der Waals surface area contributed by atoms with Crippen molar-refractivity contribution in [2.45, 2.75) is 24.3 Å². The number of sulfone groups is 1. The summed E-state index contributed by atoms with van der Waals surface area (Å²) in [6.07, 6.45) is 0.0307. The maximum absolute atomic E-state index is 13.5. The third-order valence-electron chi connectivity index (χ3n) is 4.29. The summed E-state index contributed by atoms with van der Waals surface area (Å²) in [5, 5.41) is 0. The fraction of sp³-hybridized carbons (Fsp3) is 0.250. The Bertz CT molecular complexity index is 1250. The highest BCUT2D eigenvalue weighted by Gasteiger charge is 2.15. The lowest BCUT2D eigenvalue weighted by Gasteiger charge is -2.04. The van der Waals surface area contributed by atoms with Gasteiger partial charge in [-0.2, -0.15) is 4.99 Å². The molecule has 30 heavy (non-hydrogen) atoms. The third kappa shape index (κ3) is 5.19. The van der Waals surface area contributed by atoms with Crippen LogP contribution in [0.4, 0.5) is 4.39 Å². The molecule has 0 spiro atoms. The third-order valence-corrected chi connectivity index (χ3v) is 7.14. The van der Waals surface area contributed by atoms with E-state index in [2.05, 4.69) is 9.73 Å². The van der Waals surface area contributed by atoms with Crippen LogP contribution in [0.25, 0.3) is 10.2 Å². The van der Waals surface area contributed by atoms with E-state index in [9.17, 15) is 22.4 Å². The Kier molecular flexibility index (Phi) is 6.78. The van der Waals surface area contributed by atoms with Crippen LogP contribution in [0, 0.1) is 5.82 Å². The number of carbonyl (C=O) groups is 2. The average molecular weight is 451 g/mol. The summed E-state index contributed by atoms with van der Waals surface area (Å²) in [5.41, 5.74) is 0.546. The maximum atomic E-state index is 13.5. The van der Waals surface area contributed by atoms with Gasteiger partial charge in [-0.1, -0.05) is 29.5 Å². The van der Waals surface area contributed by atoms with Gasteiger partial charge >= 0.3 is 5.97 Å². The van der Waals surface area contributed by atoms with Crippen LogP contribution in [0.3, 0.4) is 0 Å². The van der Waals surface area contributed by atoms with E-state index in [1.54, 1.807) is 18.2 Å². The van der Waals surface area contributed by atoms with Gasteiger partial charge in [0, 0.05) is 6.42 Å². The number of amides is 1. The quantitative estimate of drug-likeness (QED) is 0.516. The lowest BCUT2D eigenvalue weighted by molar-refractivity contribution is -0.141. The molecule has 3 rings (SSSR count). The van der Waals surface area contributed by atoms with E-state index in [-0.39, 0.29) is 34.8 Å². The Morgan fingerprint density at radius 1 is 1.17 bits per heavy atom. The number of esters is 1. The van der Waals surface area contributed by atoms with Gasteiger partial charge in [0.25, 0.3) is 0 Å². The Labute approximate surface area is 176 Å². The van der Waals surface area contributed by atoms with Crippen LogP contribution in [0.1, 0.15) is 12.8 Å². The molecule has 0 radical (unpaired) electrons. The monoisotopic (exact) mass is 450 g/mol. The Morgan fingerprint density at radius 3 is 2.60 bits per heavy atom. The van der Waals surface area contributed by atoms with E-state index < -0.39 is 27.5 Å². The van der Waals surface area contributed by atoms with E-state index in [0.717, 1.165) is 11.3 Å². The van der Waals surface area contributed by atoms with Gasteiger partial charge in [-0.3, -0.25) is 9.59 Å². The standard InChI is InChI=1S/C20H19FN2O5S2/c1-28-19(25)13-23-16-10-9-14(21)12-17(16)29-20(23)22-18(24)8-5-11-30(26,27)15-6-3-2-4-7-15/h2-4,6-7,9-10,12H,5,8,11,13H2,1H3. The summed E-state index contributed by atoms with van der Waals surface area (Å²) in [4.78, 5) is 28.5. The first-order valence-electron chi connectivity index (χ1n) is 9.01. The van der Waals surface area contributed by atoms with E-state index in [0.29, 0.717) is 10.2 Å². The molecule has 0 unspecified atom stereocenters. The molecular weight excluding hydrogens is 431 g/mol. The van der Waals surface area contributed by atoms with E-state index in [1.165, 1.54) is 42.0 Å². The number of benzene rings is 2. The van der Waals surface area contributed by atoms with Crippen LogP contribution in [-0.4, -0.2) is 37.7 Å². The number of ether oxygens (including phenoxy) is 1. The number of thiazole rings is 1. The second-order valence-corrected chi connectivity index (χ2v) is 9.52. The molecule has 0 N–H and O–H groups in total. The summed E-state index contributed by atoms with van der Waals surface area (Å²) < 4.78 is 44.8. The van der Waals surface area contributed by atoms with Gasteiger partial charge in [0.2, 0.25) is 5.91 Å². The van der Waals surface area contributed by atoms with E-state index in [1.807, 2.05) is 0 Å². The minimum absolute atomic E-state index is 0.0765. The minimum Gasteiger partial charge on any atom is -0.468 e. The number of rotatable bonds is 7. The van der Waals surface area contributed by atoms with Crippen molar-refractivity contribution >= 4 is 43.3 Å². The molecule has 2 aromatic carbocycles. The largest absolute Gasteiger partial charge is 0.468 e. The molecule has 0 saturated carbocycles. The highest BCUT2D eigenvalue weighted by Crippen LogP contribution is 2.19. The summed E-state index contributed by atoms with van der Waals surface area (Å²) in [6, 6.07) is 12.1. The van der Waals surface area contributed by atoms with E-state index >= 15 is 0 Å². The molecule has 1 heterocycles. The molecule has 0 atom stereocenters. The number of aromatic nitrogens is 1. The SMILES string of the molecule is COC(=O)Cn1c(=NC(=O)CCCS(=O)(=O)c2ccccc2)sc2cc(F)ccc21. The predicted octanol–water partition coefficient (Wildman–Crippen LogP) is 2.70. The highest BCUT2D eigenvalue weighted by atomic mass is 32.2. The molecule has 10 heteroatoms. The lowest BCUT2D eigenvalue weighted by atomic mass is 10.3. The molecule has 0 bridgehead atoms. The van der Waals surface area contributed by atoms with Gasteiger partial charge < -0.3 is 9.30 Å². The number of fused-ring (bicyclic) bond motifs is 1. The summed E-state index contributed by atoms with van der Waals surface area (Å²) in [6.45, 7) is -0.184. The lowest BCUT2D eigenvalue weighted by Crippen LogP contribution is -2.22. The number of carbonyl (C=O) groups excluding carboxylic acids is 2. The van der Waals surface area contributed by atoms with Gasteiger partial charge in [-0.25, -0.2) is 12.8 Å². The molecule has 0 aliphatic heterocycles. The fourth-order valence-corrected chi connectivity index (χ4v) is 5.20. The number of halogens is 1. The Hall–Kier alpha value is -2.85. The predicted molar refractivity (Wildman–Crippen MR) is 110 cm³/mol. The van der Waals surface area contributed by atoms with Gasteiger partial charge in [0.15, 0.2) is 14.6 Å². The molecule has 0 saturated heterocycles. The summed E-state index contributed by atoms with van der Waals surface area (Å²) in [5.74, 6) is -1.69. The second-order valence-electron chi connectivity index (χ2n) is 6.40. The van der Waals surface area contributed by atoms with Crippen LogP contribution in [-0.2, 0) is 30.7 Å². The van der Waals surface area contributed by atoms with Crippen molar-refractivity contribution in [2.75, 3.05) is 12.9 Å². The fourth-order valence-electron chi connectivity index (χ4n) is 2.80. The zero-order chi connectivity index (χ0) is 21.7. The number of hydrogen-bond donors (Lipinski definition) is 0. The first kappa shape index (κ1) is 21.8. The van der Waals surface area contributed by atoms with Crippen molar-refractivity contribution in [3.8, 4) is 0 Å². The molecule has 7 nitrogen and oxygen atoms in total. The smallest absolute Gasteiger partial charge is 0.325 e. The van der Waals surface area contributed by atoms with Crippen molar-refractivity contribution in [1.29, 1.82) is 0 Å².